The molecule has 0 aliphatic carbocycles. The first-order valence-electron chi connectivity index (χ1n) is 9.75. The molecule has 0 aliphatic heterocycles. The molecule has 156 valence electrons. The molecule has 0 saturated heterocycles. The first-order valence-corrected chi connectivity index (χ1v) is 10.7. The first-order chi connectivity index (χ1) is 15.1. The van der Waals surface area contributed by atoms with Gasteiger partial charge in [0.2, 0.25) is 0 Å². The molecule has 0 unspecified atom stereocenters. The van der Waals surface area contributed by atoms with Gasteiger partial charge < -0.3 is 9.84 Å². The Hall–Kier alpha value is -3.58. The summed E-state index contributed by atoms with van der Waals surface area (Å²) in [6.45, 7) is 2.22. The van der Waals surface area contributed by atoms with E-state index >= 15 is 0 Å². The summed E-state index contributed by atoms with van der Waals surface area (Å²) in [5.41, 5.74) is 3.40. The van der Waals surface area contributed by atoms with Crippen molar-refractivity contribution in [3.63, 3.8) is 0 Å². The molecule has 0 spiro atoms. The number of thioether (sulfide) groups is 1. The number of carbonyl (C=O) groups is 1. The second-order valence-corrected chi connectivity index (χ2v) is 7.82. The molecule has 0 fully saturated rings. The van der Waals surface area contributed by atoms with Gasteiger partial charge in [-0.2, -0.15) is 0 Å². The molecule has 4 aromatic rings. The van der Waals surface area contributed by atoms with E-state index < -0.39 is 0 Å². The van der Waals surface area contributed by atoms with Gasteiger partial charge in [0.1, 0.15) is 12.4 Å². The van der Waals surface area contributed by atoms with Crippen LogP contribution in [0.15, 0.2) is 84.0 Å². The number of aryl methyl sites for hydroxylation is 1. The van der Waals surface area contributed by atoms with E-state index in [1.807, 2.05) is 72.2 Å². The highest BCUT2D eigenvalue weighted by atomic mass is 32.2. The quantitative estimate of drug-likeness (QED) is 0.335. The minimum atomic E-state index is -0.336. The largest absolute Gasteiger partial charge is 0.507 e. The number of phenols is 1. The van der Waals surface area contributed by atoms with E-state index in [1.54, 1.807) is 18.2 Å². The normalized spacial score (nSPS) is 10.7. The summed E-state index contributed by atoms with van der Waals surface area (Å²) in [7, 11) is 0. The summed E-state index contributed by atoms with van der Waals surface area (Å²) in [6.07, 6.45) is 0. The van der Waals surface area contributed by atoms with E-state index in [4.69, 9.17) is 4.74 Å². The Kier molecular flexibility index (Phi) is 6.33. The van der Waals surface area contributed by atoms with Crippen molar-refractivity contribution in [2.75, 3.05) is 5.75 Å². The number of nitrogens with zero attached hydrogens (tertiary/aromatic N) is 3. The van der Waals surface area contributed by atoms with Crippen LogP contribution in [0.25, 0.3) is 17.1 Å². The summed E-state index contributed by atoms with van der Waals surface area (Å²) in [6, 6.07) is 24.4. The number of para-hydroxylation sites is 2. The molecule has 0 radical (unpaired) electrons. The van der Waals surface area contributed by atoms with Gasteiger partial charge in [0, 0.05) is 0 Å². The second kappa shape index (κ2) is 9.49. The monoisotopic (exact) mass is 431 g/mol. The van der Waals surface area contributed by atoms with Gasteiger partial charge in [0.25, 0.3) is 0 Å². The Morgan fingerprint density at radius 2 is 1.68 bits per heavy atom. The Labute approximate surface area is 184 Å². The van der Waals surface area contributed by atoms with Gasteiger partial charge >= 0.3 is 5.97 Å². The van der Waals surface area contributed by atoms with Crippen molar-refractivity contribution in [1.82, 2.24) is 14.8 Å². The molecule has 1 heterocycles. The molecular weight excluding hydrogens is 410 g/mol. The van der Waals surface area contributed by atoms with Crippen LogP contribution in [0.3, 0.4) is 0 Å². The molecule has 31 heavy (non-hydrogen) atoms. The zero-order chi connectivity index (χ0) is 21.6. The summed E-state index contributed by atoms with van der Waals surface area (Å²) in [5, 5.41) is 19.5. The number of esters is 1. The number of phenolic OH excluding ortho intramolecular Hbond substituents is 1. The maximum absolute atomic E-state index is 12.3. The average molecular weight is 432 g/mol. The highest BCUT2D eigenvalue weighted by molar-refractivity contribution is 7.99. The Balaban J connectivity index is 1.58. The molecule has 6 nitrogen and oxygen atoms in total. The van der Waals surface area contributed by atoms with Crippen molar-refractivity contribution in [1.29, 1.82) is 0 Å². The van der Waals surface area contributed by atoms with Gasteiger partial charge in [-0.25, -0.2) is 0 Å². The highest BCUT2D eigenvalue weighted by Gasteiger charge is 2.20. The number of carbonyl (C=O) groups excluding carboxylic acids is 1. The van der Waals surface area contributed by atoms with Crippen molar-refractivity contribution in [3.8, 4) is 22.8 Å². The van der Waals surface area contributed by atoms with E-state index in [-0.39, 0.29) is 24.1 Å². The number of aromatic nitrogens is 3. The molecule has 7 heteroatoms. The van der Waals surface area contributed by atoms with Gasteiger partial charge in [-0.05, 0) is 36.2 Å². The standard InChI is InChI=1S/C24H21N3O3S/c1-17-9-5-7-13-20(17)27-23(19-12-6-8-14-21(19)28)25-26-24(27)31-16-22(29)30-15-18-10-3-2-4-11-18/h2-14,28H,15-16H2,1H3. The van der Waals surface area contributed by atoms with Crippen molar-refractivity contribution >= 4 is 17.7 Å². The van der Waals surface area contributed by atoms with Crippen LogP contribution in [0, 0.1) is 6.92 Å². The van der Waals surface area contributed by atoms with E-state index in [1.165, 1.54) is 11.8 Å². The molecule has 0 aliphatic rings. The second-order valence-electron chi connectivity index (χ2n) is 6.88. The van der Waals surface area contributed by atoms with E-state index in [9.17, 15) is 9.90 Å². The molecule has 1 aromatic heterocycles. The Morgan fingerprint density at radius 3 is 2.45 bits per heavy atom. The first kappa shape index (κ1) is 20.7. The van der Waals surface area contributed by atoms with Crippen LogP contribution >= 0.6 is 11.8 Å². The van der Waals surface area contributed by atoms with E-state index in [0.717, 1.165) is 16.8 Å². The number of ether oxygens (including phenoxy) is 1. The Morgan fingerprint density at radius 1 is 0.968 bits per heavy atom. The van der Waals surface area contributed by atoms with Crippen LogP contribution in [-0.4, -0.2) is 31.6 Å². The van der Waals surface area contributed by atoms with Gasteiger partial charge in [-0.1, -0.05) is 72.4 Å². The molecule has 0 atom stereocenters. The van der Waals surface area contributed by atoms with Crippen LogP contribution in [0.5, 0.6) is 5.75 Å². The molecule has 4 rings (SSSR count). The predicted octanol–water partition coefficient (Wildman–Crippen LogP) is 4.78. The maximum atomic E-state index is 12.3. The summed E-state index contributed by atoms with van der Waals surface area (Å²) in [4.78, 5) is 12.3. The van der Waals surface area contributed by atoms with E-state index in [2.05, 4.69) is 10.2 Å². The number of rotatable bonds is 7. The number of hydrogen-bond acceptors (Lipinski definition) is 6. The lowest BCUT2D eigenvalue weighted by molar-refractivity contribution is -0.141. The zero-order valence-electron chi connectivity index (χ0n) is 16.9. The third-order valence-electron chi connectivity index (χ3n) is 4.70. The number of aromatic hydroxyl groups is 1. The number of hydrogen-bond donors (Lipinski definition) is 1. The molecule has 3 aromatic carbocycles. The lowest BCUT2D eigenvalue weighted by Crippen LogP contribution is -2.09. The van der Waals surface area contributed by atoms with Gasteiger partial charge in [0.05, 0.1) is 17.0 Å². The lowest BCUT2D eigenvalue weighted by atomic mass is 10.1. The SMILES string of the molecule is Cc1ccccc1-n1c(SCC(=O)OCc2ccccc2)nnc1-c1ccccc1O. The van der Waals surface area contributed by atoms with Crippen LogP contribution in [-0.2, 0) is 16.1 Å². The maximum Gasteiger partial charge on any atom is 0.316 e. The van der Waals surface area contributed by atoms with Crippen molar-refractivity contribution in [2.24, 2.45) is 0 Å². The minimum absolute atomic E-state index is 0.0949. The zero-order valence-corrected chi connectivity index (χ0v) is 17.7. The van der Waals surface area contributed by atoms with Crippen molar-refractivity contribution in [3.05, 3.63) is 90.0 Å². The third-order valence-corrected chi connectivity index (χ3v) is 5.60. The molecule has 0 saturated carbocycles. The molecular formula is C24H21N3O3S. The van der Waals surface area contributed by atoms with E-state index in [0.29, 0.717) is 16.5 Å². The fourth-order valence-corrected chi connectivity index (χ4v) is 3.88. The summed E-state index contributed by atoms with van der Waals surface area (Å²) < 4.78 is 7.23. The highest BCUT2D eigenvalue weighted by Crippen LogP contribution is 2.33. The minimum Gasteiger partial charge on any atom is -0.507 e. The summed E-state index contributed by atoms with van der Waals surface area (Å²) >= 11 is 1.25. The van der Waals surface area contributed by atoms with Gasteiger partial charge in [0.15, 0.2) is 11.0 Å². The van der Waals surface area contributed by atoms with Crippen LogP contribution in [0.2, 0.25) is 0 Å². The van der Waals surface area contributed by atoms with Crippen molar-refractivity contribution in [2.45, 2.75) is 18.7 Å². The average Bonchev–Trinajstić information content (AvgIpc) is 3.21. The smallest absolute Gasteiger partial charge is 0.316 e. The third kappa shape index (κ3) is 4.78. The fourth-order valence-electron chi connectivity index (χ4n) is 3.14. The fraction of sp³-hybridized carbons (Fsp3) is 0.125. The Bertz CT molecular complexity index is 1190. The van der Waals surface area contributed by atoms with Gasteiger partial charge in [-0.15, -0.1) is 10.2 Å². The van der Waals surface area contributed by atoms with Crippen LogP contribution in [0.4, 0.5) is 0 Å². The van der Waals surface area contributed by atoms with Crippen LogP contribution in [0.1, 0.15) is 11.1 Å². The molecule has 0 amide bonds. The molecule has 1 N–H and O–H groups in total. The predicted molar refractivity (Wildman–Crippen MR) is 120 cm³/mol. The topological polar surface area (TPSA) is 77.2 Å². The van der Waals surface area contributed by atoms with Gasteiger partial charge in [-0.3, -0.25) is 9.36 Å². The lowest BCUT2D eigenvalue weighted by Gasteiger charge is -2.13. The van der Waals surface area contributed by atoms with Crippen LogP contribution < -0.4 is 0 Å². The van der Waals surface area contributed by atoms with Crippen molar-refractivity contribution < 1.29 is 14.6 Å². The number of benzene rings is 3. The molecule has 0 bridgehead atoms. The summed E-state index contributed by atoms with van der Waals surface area (Å²) in [5.74, 6) is 0.380.